The maximum atomic E-state index is 13.4. The van der Waals surface area contributed by atoms with Crippen molar-refractivity contribution < 1.29 is 18.4 Å². The van der Waals surface area contributed by atoms with Crippen LogP contribution in [0.5, 0.6) is 0 Å². The number of thiophene rings is 1. The van der Waals surface area contributed by atoms with E-state index >= 15 is 0 Å². The second kappa shape index (κ2) is 12.9. The number of carbonyl (C=O) groups excluding carboxylic acids is 2. The number of amides is 2. The number of hydrogen-bond acceptors (Lipinski definition) is 8. The molecule has 10 nitrogen and oxygen atoms in total. The lowest BCUT2D eigenvalue weighted by atomic mass is 10.0. The van der Waals surface area contributed by atoms with Gasteiger partial charge in [-0.05, 0) is 56.1 Å². The number of aromatic nitrogens is 4. The van der Waals surface area contributed by atoms with Crippen molar-refractivity contribution in [3.05, 3.63) is 53.7 Å². The van der Waals surface area contributed by atoms with Crippen LogP contribution in [0.15, 0.2) is 48.1 Å². The van der Waals surface area contributed by atoms with E-state index in [0.717, 1.165) is 23.7 Å². The monoisotopic (exact) mass is 596 g/mol. The molecule has 13 heteroatoms. The van der Waals surface area contributed by atoms with Crippen LogP contribution in [0.1, 0.15) is 37.6 Å². The smallest absolute Gasteiger partial charge is 0.255 e. The maximum Gasteiger partial charge on any atom is 0.255 e. The molecule has 0 aliphatic carbocycles. The van der Waals surface area contributed by atoms with E-state index in [-0.39, 0.29) is 11.9 Å². The molecule has 0 saturated carbocycles. The van der Waals surface area contributed by atoms with Crippen LogP contribution in [-0.2, 0) is 4.79 Å². The molecular weight excluding hydrogens is 562 g/mol. The van der Waals surface area contributed by atoms with Crippen molar-refractivity contribution in [2.45, 2.75) is 45.7 Å². The number of alkyl halides is 2. The van der Waals surface area contributed by atoms with Crippen LogP contribution in [0.25, 0.3) is 27.5 Å². The SMILES string of the molecule is CCN(CC)C(C)CNC(=O)c1cc(-c2cnn3ccc(-c4cccs4)nc23)nc(N2CC[C@H]2C(=O)NCC(F)F)c1. The fourth-order valence-electron chi connectivity index (χ4n) is 5.09. The number of nitrogens with zero attached hydrogens (tertiary/aromatic N) is 6. The zero-order valence-corrected chi connectivity index (χ0v) is 24.6. The van der Waals surface area contributed by atoms with Crippen LogP contribution in [0.4, 0.5) is 14.6 Å². The zero-order chi connectivity index (χ0) is 29.8. The number of fused-ring (bicyclic) bond motifs is 1. The Hall–Kier alpha value is -3.97. The quantitative estimate of drug-likeness (QED) is 0.255. The molecule has 222 valence electrons. The lowest BCUT2D eigenvalue weighted by Crippen LogP contribution is -2.57. The molecule has 0 spiro atoms. The van der Waals surface area contributed by atoms with Gasteiger partial charge in [0.15, 0.2) is 5.65 Å². The Morgan fingerprint density at radius 3 is 2.60 bits per heavy atom. The number of pyridine rings is 1. The highest BCUT2D eigenvalue weighted by atomic mass is 32.1. The molecule has 0 radical (unpaired) electrons. The molecule has 1 aliphatic heterocycles. The number of likely N-dealkylation sites (N-methyl/N-ethyl adjacent to an activating group) is 1. The van der Waals surface area contributed by atoms with Gasteiger partial charge in [-0.15, -0.1) is 11.3 Å². The first-order chi connectivity index (χ1) is 20.3. The fourth-order valence-corrected chi connectivity index (χ4v) is 5.79. The van der Waals surface area contributed by atoms with Gasteiger partial charge in [0.2, 0.25) is 5.91 Å². The summed E-state index contributed by atoms with van der Waals surface area (Å²) in [6.45, 7) is 8.21. The Bertz CT molecular complexity index is 1540. The number of rotatable bonds is 12. The highest BCUT2D eigenvalue weighted by Gasteiger charge is 2.36. The topological polar surface area (TPSA) is 108 Å². The molecule has 4 aromatic rings. The van der Waals surface area contributed by atoms with Gasteiger partial charge >= 0.3 is 0 Å². The molecule has 5 rings (SSSR count). The van der Waals surface area contributed by atoms with E-state index in [2.05, 4.69) is 41.4 Å². The molecule has 42 heavy (non-hydrogen) atoms. The van der Waals surface area contributed by atoms with Gasteiger partial charge in [-0.3, -0.25) is 14.5 Å². The van der Waals surface area contributed by atoms with Gasteiger partial charge in [0.05, 0.1) is 34.6 Å². The summed E-state index contributed by atoms with van der Waals surface area (Å²) in [6, 6.07) is 8.66. The third-order valence-corrected chi connectivity index (χ3v) is 8.43. The van der Waals surface area contributed by atoms with Gasteiger partial charge < -0.3 is 15.5 Å². The van der Waals surface area contributed by atoms with Crippen molar-refractivity contribution in [3.8, 4) is 21.8 Å². The second-order valence-corrected chi connectivity index (χ2v) is 11.1. The summed E-state index contributed by atoms with van der Waals surface area (Å²) < 4.78 is 27.1. The molecule has 2 amide bonds. The Balaban J connectivity index is 1.50. The molecular formula is C29H34F2N8O2S. The number of anilines is 1. The third kappa shape index (κ3) is 6.26. The Kier molecular flexibility index (Phi) is 9.07. The summed E-state index contributed by atoms with van der Waals surface area (Å²) in [6.07, 6.45) is 1.33. The summed E-state index contributed by atoms with van der Waals surface area (Å²) >= 11 is 1.58. The van der Waals surface area contributed by atoms with Gasteiger partial charge in [-0.25, -0.2) is 23.3 Å². The van der Waals surface area contributed by atoms with Crippen molar-refractivity contribution in [2.24, 2.45) is 0 Å². The van der Waals surface area contributed by atoms with E-state index in [0.29, 0.717) is 47.8 Å². The molecule has 2 atom stereocenters. The first-order valence-corrected chi connectivity index (χ1v) is 14.9. The van der Waals surface area contributed by atoms with Gasteiger partial charge in [-0.2, -0.15) is 5.10 Å². The summed E-state index contributed by atoms with van der Waals surface area (Å²) in [7, 11) is 0. The third-order valence-electron chi connectivity index (χ3n) is 7.53. The summed E-state index contributed by atoms with van der Waals surface area (Å²) in [5, 5.41) is 11.8. The number of carbonyl (C=O) groups is 2. The van der Waals surface area contributed by atoms with Crippen molar-refractivity contribution in [1.82, 2.24) is 35.1 Å². The number of nitrogens with one attached hydrogen (secondary N) is 2. The molecule has 1 saturated heterocycles. The van der Waals surface area contributed by atoms with E-state index in [9.17, 15) is 18.4 Å². The molecule has 4 aromatic heterocycles. The van der Waals surface area contributed by atoms with Gasteiger partial charge in [0.25, 0.3) is 12.3 Å². The Morgan fingerprint density at radius 2 is 1.93 bits per heavy atom. The largest absolute Gasteiger partial charge is 0.350 e. The summed E-state index contributed by atoms with van der Waals surface area (Å²) in [5.41, 5.74) is 2.83. The van der Waals surface area contributed by atoms with E-state index in [1.165, 1.54) is 0 Å². The Morgan fingerprint density at radius 1 is 1.12 bits per heavy atom. The van der Waals surface area contributed by atoms with Crippen LogP contribution in [0.3, 0.4) is 0 Å². The molecule has 5 heterocycles. The molecule has 1 aliphatic rings. The normalized spacial score (nSPS) is 15.7. The lowest BCUT2D eigenvalue weighted by molar-refractivity contribution is -0.124. The van der Waals surface area contributed by atoms with Crippen molar-refractivity contribution >= 4 is 34.6 Å². The molecule has 0 aromatic carbocycles. The lowest BCUT2D eigenvalue weighted by Gasteiger charge is -2.41. The van der Waals surface area contributed by atoms with Gasteiger partial charge in [0, 0.05) is 30.9 Å². The summed E-state index contributed by atoms with van der Waals surface area (Å²) in [4.78, 5) is 40.7. The standard InChI is InChI=1S/C29H34F2N8O2S/c1-4-37(5-2)18(3)15-32-28(40)19-13-22(35-26(14-19)38-10-9-23(38)29(41)33-17-25(30)31)20-16-34-39-11-8-21(36-27(20)39)24-7-6-12-42-24/h6-8,11-14,16,18,23,25H,4-5,9-10,15,17H2,1-3H3,(H,32,40)(H,33,41)/t18?,23-/m0/s1. The molecule has 0 bridgehead atoms. The number of hydrogen-bond donors (Lipinski definition) is 2. The van der Waals surface area contributed by atoms with Crippen LogP contribution < -0.4 is 15.5 Å². The van der Waals surface area contributed by atoms with E-state index in [1.807, 2.05) is 29.8 Å². The van der Waals surface area contributed by atoms with Crippen LogP contribution in [0.2, 0.25) is 0 Å². The van der Waals surface area contributed by atoms with E-state index in [1.54, 1.807) is 39.1 Å². The highest BCUT2D eigenvalue weighted by molar-refractivity contribution is 7.13. The summed E-state index contributed by atoms with van der Waals surface area (Å²) in [5.74, 6) is -0.362. The highest BCUT2D eigenvalue weighted by Crippen LogP contribution is 2.32. The first-order valence-electron chi connectivity index (χ1n) is 14.0. The van der Waals surface area contributed by atoms with E-state index < -0.39 is 24.9 Å². The van der Waals surface area contributed by atoms with E-state index in [4.69, 9.17) is 9.97 Å². The fraction of sp³-hybridized carbons (Fsp3) is 0.414. The predicted molar refractivity (Wildman–Crippen MR) is 159 cm³/mol. The minimum absolute atomic E-state index is 0.141. The van der Waals surface area contributed by atoms with Crippen LogP contribution in [0, 0.1) is 0 Å². The first kappa shape index (κ1) is 29.5. The second-order valence-electron chi connectivity index (χ2n) is 10.1. The van der Waals surface area contributed by atoms with Crippen LogP contribution in [-0.4, -0.2) is 87.5 Å². The molecule has 1 fully saturated rings. The van der Waals surface area contributed by atoms with Crippen molar-refractivity contribution in [3.63, 3.8) is 0 Å². The molecule has 2 N–H and O–H groups in total. The zero-order valence-electron chi connectivity index (χ0n) is 23.8. The minimum atomic E-state index is -2.64. The maximum absolute atomic E-state index is 13.4. The van der Waals surface area contributed by atoms with Crippen molar-refractivity contribution in [2.75, 3.05) is 37.6 Å². The minimum Gasteiger partial charge on any atom is -0.350 e. The Labute approximate surface area is 246 Å². The van der Waals surface area contributed by atoms with Gasteiger partial charge in [-0.1, -0.05) is 19.9 Å². The van der Waals surface area contributed by atoms with Crippen LogP contribution >= 0.6 is 11.3 Å². The van der Waals surface area contributed by atoms with Crippen molar-refractivity contribution in [1.29, 1.82) is 0 Å². The average molecular weight is 597 g/mol. The average Bonchev–Trinajstić information content (AvgIpc) is 3.65. The van der Waals surface area contributed by atoms with Gasteiger partial charge in [0.1, 0.15) is 11.9 Å². The molecule has 1 unspecified atom stereocenters. The predicted octanol–water partition coefficient (Wildman–Crippen LogP) is 3.94. The number of halogens is 2.